The maximum Gasteiger partial charge on any atom is 0.309 e. The monoisotopic (exact) mass is 222 g/mol. The molecule has 0 spiro atoms. The fraction of sp³-hybridized carbons (Fsp3) is 0.462. The third-order valence-corrected chi connectivity index (χ3v) is 2.84. The van der Waals surface area contributed by atoms with Crippen molar-refractivity contribution in [1.29, 1.82) is 0 Å². The van der Waals surface area contributed by atoms with Crippen molar-refractivity contribution >= 4 is 5.97 Å². The van der Waals surface area contributed by atoms with Gasteiger partial charge >= 0.3 is 5.97 Å². The molecule has 0 aromatic heterocycles. The predicted octanol–water partition coefficient (Wildman–Crippen LogP) is 3.01. The second-order valence-corrected chi connectivity index (χ2v) is 4.58. The highest BCUT2D eigenvalue weighted by atomic mass is 19.1. The van der Waals surface area contributed by atoms with Gasteiger partial charge in [-0.1, -0.05) is 26.0 Å². The number of hydrogen-bond acceptors (Lipinski definition) is 2. The van der Waals surface area contributed by atoms with Crippen molar-refractivity contribution in [3.8, 4) is 0 Å². The van der Waals surface area contributed by atoms with Crippen LogP contribution >= 0.6 is 0 Å². The van der Waals surface area contributed by atoms with E-state index in [1.807, 2.05) is 13.8 Å². The van der Waals surface area contributed by atoms with Gasteiger partial charge in [0.2, 0.25) is 0 Å². The summed E-state index contributed by atoms with van der Waals surface area (Å²) in [6, 6.07) is 6.18. The lowest BCUT2D eigenvalue weighted by molar-refractivity contribution is -0.155. The summed E-state index contributed by atoms with van der Waals surface area (Å²) in [5, 5.41) is 0. The first-order valence-electron chi connectivity index (χ1n) is 5.52. The molecule has 0 unspecified atom stereocenters. The van der Waals surface area contributed by atoms with E-state index in [2.05, 4.69) is 0 Å². The van der Waals surface area contributed by atoms with Gasteiger partial charge in [0.05, 0.1) is 5.92 Å². The minimum absolute atomic E-state index is 0.127. The Bertz CT molecular complexity index is 391. The van der Waals surface area contributed by atoms with Gasteiger partial charge in [-0.05, 0) is 30.5 Å². The highest BCUT2D eigenvalue weighted by molar-refractivity contribution is 5.72. The van der Waals surface area contributed by atoms with Crippen molar-refractivity contribution in [2.45, 2.75) is 32.3 Å². The molecule has 0 bridgehead atoms. The number of halogens is 1. The molecule has 0 N–H and O–H groups in total. The SMILES string of the molecule is CC(C)C(=O)OC1(c2ccc(F)cc2)CC1. The van der Waals surface area contributed by atoms with E-state index in [0.717, 1.165) is 18.4 Å². The Hall–Kier alpha value is -1.38. The maximum atomic E-state index is 12.8. The normalized spacial score (nSPS) is 17.2. The van der Waals surface area contributed by atoms with Crippen molar-refractivity contribution in [2.24, 2.45) is 5.92 Å². The summed E-state index contributed by atoms with van der Waals surface area (Å²) in [7, 11) is 0. The van der Waals surface area contributed by atoms with Crippen LogP contribution in [0.4, 0.5) is 4.39 Å². The summed E-state index contributed by atoms with van der Waals surface area (Å²) in [5.74, 6) is -0.588. The average Bonchev–Trinajstić information content (AvgIpc) is 2.99. The first-order valence-corrected chi connectivity index (χ1v) is 5.52. The molecule has 0 aliphatic heterocycles. The van der Waals surface area contributed by atoms with E-state index in [1.165, 1.54) is 12.1 Å². The molecular formula is C13H15FO2. The van der Waals surface area contributed by atoms with Crippen LogP contribution in [0.1, 0.15) is 32.3 Å². The molecule has 16 heavy (non-hydrogen) atoms. The lowest BCUT2D eigenvalue weighted by atomic mass is 10.1. The van der Waals surface area contributed by atoms with Crippen LogP contribution in [-0.2, 0) is 15.1 Å². The second kappa shape index (κ2) is 3.89. The lowest BCUT2D eigenvalue weighted by Gasteiger charge is -2.18. The topological polar surface area (TPSA) is 26.3 Å². The van der Waals surface area contributed by atoms with Crippen LogP contribution in [0.15, 0.2) is 24.3 Å². The van der Waals surface area contributed by atoms with Crippen LogP contribution in [0.3, 0.4) is 0 Å². The Labute approximate surface area is 94.4 Å². The lowest BCUT2D eigenvalue weighted by Crippen LogP contribution is -2.21. The van der Waals surface area contributed by atoms with E-state index in [-0.39, 0.29) is 17.7 Å². The van der Waals surface area contributed by atoms with Gasteiger partial charge in [0.1, 0.15) is 11.4 Å². The molecule has 1 aromatic rings. The van der Waals surface area contributed by atoms with Gasteiger partial charge in [-0.3, -0.25) is 4.79 Å². The van der Waals surface area contributed by atoms with Crippen LogP contribution in [0, 0.1) is 11.7 Å². The van der Waals surface area contributed by atoms with Crippen LogP contribution in [0.2, 0.25) is 0 Å². The summed E-state index contributed by atoms with van der Waals surface area (Å²) in [6.07, 6.45) is 1.66. The van der Waals surface area contributed by atoms with Gasteiger partial charge < -0.3 is 4.74 Å². The van der Waals surface area contributed by atoms with Crippen LogP contribution in [0.25, 0.3) is 0 Å². The molecule has 3 heteroatoms. The van der Waals surface area contributed by atoms with E-state index in [9.17, 15) is 9.18 Å². The molecular weight excluding hydrogens is 207 g/mol. The van der Waals surface area contributed by atoms with Gasteiger partial charge in [-0.2, -0.15) is 0 Å². The van der Waals surface area contributed by atoms with E-state index < -0.39 is 5.60 Å². The Morgan fingerprint density at radius 1 is 1.31 bits per heavy atom. The molecule has 0 saturated heterocycles. The van der Waals surface area contributed by atoms with Crippen molar-refractivity contribution < 1.29 is 13.9 Å². The Morgan fingerprint density at radius 3 is 2.31 bits per heavy atom. The van der Waals surface area contributed by atoms with Crippen LogP contribution in [0.5, 0.6) is 0 Å². The fourth-order valence-corrected chi connectivity index (χ4v) is 1.63. The smallest absolute Gasteiger partial charge is 0.309 e. The average molecular weight is 222 g/mol. The van der Waals surface area contributed by atoms with Crippen molar-refractivity contribution in [3.05, 3.63) is 35.6 Å². The Kier molecular flexibility index (Phi) is 2.70. The van der Waals surface area contributed by atoms with Gasteiger partial charge in [0.25, 0.3) is 0 Å². The zero-order chi connectivity index (χ0) is 11.8. The number of carbonyl (C=O) groups excluding carboxylic acids is 1. The van der Waals surface area contributed by atoms with E-state index >= 15 is 0 Å². The first-order chi connectivity index (χ1) is 7.53. The van der Waals surface area contributed by atoms with E-state index in [4.69, 9.17) is 4.74 Å². The van der Waals surface area contributed by atoms with Gasteiger partial charge in [0, 0.05) is 0 Å². The van der Waals surface area contributed by atoms with Crippen molar-refractivity contribution in [3.63, 3.8) is 0 Å². The van der Waals surface area contributed by atoms with Crippen LogP contribution in [-0.4, -0.2) is 5.97 Å². The molecule has 2 nitrogen and oxygen atoms in total. The molecule has 1 aromatic carbocycles. The third-order valence-electron chi connectivity index (χ3n) is 2.84. The summed E-state index contributed by atoms with van der Waals surface area (Å²) >= 11 is 0. The maximum absolute atomic E-state index is 12.8. The van der Waals surface area contributed by atoms with Crippen molar-refractivity contribution in [1.82, 2.24) is 0 Å². The number of rotatable bonds is 3. The largest absolute Gasteiger partial charge is 0.454 e. The zero-order valence-electron chi connectivity index (χ0n) is 9.50. The predicted molar refractivity (Wildman–Crippen MR) is 58.2 cm³/mol. The molecule has 0 atom stereocenters. The number of benzene rings is 1. The number of hydrogen-bond donors (Lipinski definition) is 0. The first kappa shape index (κ1) is 11.1. The molecule has 1 fully saturated rings. The molecule has 1 aliphatic carbocycles. The summed E-state index contributed by atoms with van der Waals surface area (Å²) in [6.45, 7) is 3.62. The Balaban J connectivity index is 2.14. The molecule has 0 radical (unpaired) electrons. The highest BCUT2D eigenvalue weighted by Crippen LogP contribution is 2.49. The van der Waals surface area contributed by atoms with E-state index in [1.54, 1.807) is 12.1 Å². The van der Waals surface area contributed by atoms with Crippen LogP contribution < -0.4 is 0 Å². The molecule has 1 aliphatic rings. The van der Waals surface area contributed by atoms with Gasteiger partial charge in [-0.15, -0.1) is 0 Å². The van der Waals surface area contributed by atoms with Gasteiger partial charge in [0.15, 0.2) is 0 Å². The summed E-state index contributed by atoms with van der Waals surface area (Å²) in [5.41, 5.74) is 0.414. The van der Waals surface area contributed by atoms with E-state index in [0.29, 0.717) is 0 Å². The third kappa shape index (κ3) is 2.08. The van der Waals surface area contributed by atoms with Crippen molar-refractivity contribution in [2.75, 3.05) is 0 Å². The number of ether oxygens (including phenoxy) is 1. The quantitative estimate of drug-likeness (QED) is 0.735. The molecule has 1 saturated carbocycles. The second-order valence-electron chi connectivity index (χ2n) is 4.58. The minimum Gasteiger partial charge on any atom is -0.454 e. The molecule has 0 heterocycles. The summed E-state index contributed by atoms with van der Waals surface area (Å²) < 4.78 is 18.3. The number of esters is 1. The fourth-order valence-electron chi connectivity index (χ4n) is 1.63. The summed E-state index contributed by atoms with van der Waals surface area (Å²) in [4.78, 5) is 11.5. The zero-order valence-corrected chi connectivity index (χ0v) is 9.50. The molecule has 86 valence electrons. The Morgan fingerprint density at radius 2 is 1.88 bits per heavy atom. The number of carbonyl (C=O) groups is 1. The molecule has 0 amide bonds. The standard InChI is InChI=1S/C13H15FO2/c1-9(2)12(15)16-13(7-8-13)10-3-5-11(14)6-4-10/h3-6,9H,7-8H2,1-2H3. The highest BCUT2D eigenvalue weighted by Gasteiger charge is 2.48. The molecule has 2 rings (SSSR count). The van der Waals surface area contributed by atoms with Gasteiger partial charge in [-0.25, -0.2) is 4.39 Å². The minimum atomic E-state index is -0.477.